The maximum absolute atomic E-state index is 14.5. The van der Waals surface area contributed by atoms with Gasteiger partial charge in [-0.05, 0) is 106 Å². The van der Waals surface area contributed by atoms with Crippen molar-refractivity contribution in [1.82, 2.24) is 79.3 Å². The van der Waals surface area contributed by atoms with Gasteiger partial charge in [-0.25, -0.2) is 4.79 Å². The highest BCUT2D eigenvalue weighted by Crippen LogP contribution is 2.22. The summed E-state index contributed by atoms with van der Waals surface area (Å²) in [5.41, 5.74) is 29.0. The molecule has 31 N–H and O–H groups in total. The number of rotatable bonds is 58. The van der Waals surface area contributed by atoms with Crippen molar-refractivity contribution in [2.75, 3.05) is 32.7 Å². The summed E-state index contributed by atoms with van der Waals surface area (Å²) in [6.07, 6.45) is -7.58. The van der Waals surface area contributed by atoms with Gasteiger partial charge < -0.3 is 144 Å². The van der Waals surface area contributed by atoms with Crippen LogP contribution in [0.2, 0.25) is 0 Å². The molecule has 1 aliphatic heterocycles. The molecule has 0 spiro atoms. The molecule has 49 nitrogen and oxygen atoms in total. The highest BCUT2D eigenvalue weighted by molar-refractivity contribution is 6.03. The maximum atomic E-state index is 14.5. The van der Waals surface area contributed by atoms with Crippen LogP contribution in [0.5, 0.6) is 5.75 Å². The lowest BCUT2D eigenvalue weighted by atomic mass is 9.95. The van der Waals surface area contributed by atoms with Crippen molar-refractivity contribution in [2.24, 2.45) is 51.4 Å². The molecule has 1 heterocycles. The van der Waals surface area contributed by atoms with Crippen LogP contribution in [-0.2, 0) is 114 Å². The molecule has 2 aromatic carbocycles. The number of primary amides is 1. The van der Waals surface area contributed by atoms with Crippen LogP contribution in [0.15, 0.2) is 59.6 Å². The number of nitrogens with one attached hydrogen (secondary N) is 14. The first-order valence-electron chi connectivity index (χ1n) is 41.5. The molecule has 0 saturated carbocycles. The standard InChI is InChI=1S/C80H121N21O28/c1-8-39(5)63(99-73(122)54-21-16-28-101(54)78(127)45(82)29-42-17-11-10-12-18-42)75(124)96-53(35-61(113)114)71(120)94-52(34-60(111)112)70(119)93-51(33-59(109)110)69(118)92-50(32-58(107)108)68(117)90-46(19-13-14-26-81)66(115)98-64(40(6)9-2)76(125)97-62(38(3)4)74(123)88-36-56(105)87-37-57(106)89-48(30-43-22-24-44(103)25-23-43)72(121)100-65(41(7)102)77(126)95-49(31-55(83)104)67(116)91-47(79(128)129)20-15-27-86-80(84)85/h10-12,17-18,22-25,38-41,45-54,62-65,102-103H,8-9,13-16,19-21,26-37,81-82H2,1-7H3,(H2,83,104)(H,87,105)(H,88,123)(H,89,106)(H,90,117)(H,91,116)(H,92,118)(H,93,119)(H,94,120)(H,95,126)(H,96,124)(H,97,125)(H,98,115)(H,99,122)(H,100,121)(H,107,108)(H,109,110)(H,111,112)(H,113,114)(H,128,129)(H4,84,85,86)/t39-,40-,41+,45-,46-,47-,48-,49-,50-,51-,52-,53-,54-,62-,63-,64-,65-/m0/s1. The van der Waals surface area contributed by atoms with Crippen LogP contribution in [-0.4, -0.2) is 294 Å². The predicted octanol–water partition coefficient (Wildman–Crippen LogP) is -8.28. The third-order valence-electron chi connectivity index (χ3n) is 20.5. The van der Waals surface area contributed by atoms with Crippen LogP contribution in [0.1, 0.15) is 149 Å². The Morgan fingerprint density at radius 1 is 0.442 bits per heavy atom. The molecule has 1 fully saturated rings. The molecule has 2 aromatic rings. The highest BCUT2D eigenvalue weighted by Gasteiger charge is 2.43. The number of hydrogen-bond acceptors (Lipinski definition) is 26. The van der Waals surface area contributed by atoms with Gasteiger partial charge in [0.05, 0.1) is 57.3 Å². The normalized spacial score (nSPS) is 15.9. The number of benzene rings is 2. The number of carboxylic acid groups (broad SMARTS) is 5. The fourth-order valence-corrected chi connectivity index (χ4v) is 13.0. The van der Waals surface area contributed by atoms with Gasteiger partial charge in [-0.15, -0.1) is 0 Å². The van der Waals surface area contributed by atoms with Gasteiger partial charge in [-0.3, -0.25) is 101 Å². The first-order valence-corrected chi connectivity index (χ1v) is 41.5. The average Bonchev–Trinajstić information content (AvgIpc) is 1.73. The number of aliphatic imine (C=N–C) groups is 1. The molecule has 0 radical (unpaired) electrons. The minimum absolute atomic E-state index is 0.0278. The number of carboxylic acids is 5. The van der Waals surface area contributed by atoms with E-state index >= 15 is 0 Å². The van der Waals surface area contributed by atoms with E-state index in [4.69, 9.17) is 28.7 Å². The molecule has 0 bridgehead atoms. The zero-order valence-electron chi connectivity index (χ0n) is 72.4. The number of amides is 16. The Morgan fingerprint density at radius 3 is 1.31 bits per heavy atom. The summed E-state index contributed by atoms with van der Waals surface area (Å²) in [6.45, 7) is 8.70. The van der Waals surface area contributed by atoms with Crippen LogP contribution in [0.4, 0.5) is 0 Å². The number of hydrogen-bond donors (Lipinski definition) is 26. The van der Waals surface area contributed by atoms with Crippen molar-refractivity contribution >= 4 is 130 Å². The number of aliphatic carboxylic acids is 5. The quantitative estimate of drug-likeness (QED) is 0.0166. The fraction of sp³-hybridized carbons (Fsp3) is 0.575. The number of nitrogens with zero attached hydrogens (tertiary/aromatic N) is 2. The molecule has 0 aliphatic carbocycles. The number of aliphatic hydroxyl groups is 1. The average molecular weight is 1820 g/mol. The van der Waals surface area contributed by atoms with Crippen molar-refractivity contribution in [3.05, 3.63) is 65.7 Å². The number of likely N-dealkylation sites (tertiary alicyclic amines) is 1. The molecule has 3 rings (SSSR count). The van der Waals surface area contributed by atoms with E-state index in [0.29, 0.717) is 12.0 Å². The molecule has 0 aromatic heterocycles. The number of guanidine groups is 1. The number of nitrogens with two attached hydrogens (primary N) is 5. The summed E-state index contributed by atoms with van der Waals surface area (Å²) >= 11 is 0. The molecule has 714 valence electrons. The van der Waals surface area contributed by atoms with Gasteiger partial charge in [0.15, 0.2) is 5.96 Å². The largest absolute Gasteiger partial charge is 0.508 e. The van der Waals surface area contributed by atoms with Gasteiger partial charge in [0, 0.05) is 19.5 Å². The lowest BCUT2D eigenvalue weighted by molar-refractivity contribution is -0.145. The Bertz CT molecular complexity index is 4310. The van der Waals surface area contributed by atoms with Gasteiger partial charge >= 0.3 is 29.8 Å². The van der Waals surface area contributed by atoms with Crippen molar-refractivity contribution in [2.45, 2.75) is 242 Å². The molecule has 0 unspecified atom stereocenters. The van der Waals surface area contributed by atoms with Crippen LogP contribution in [0.25, 0.3) is 0 Å². The molecule has 49 heteroatoms. The monoisotopic (exact) mass is 1820 g/mol. The van der Waals surface area contributed by atoms with Crippen molar-refractivity contribution < 1.29 is 136 Å². The van der Waals surface area contributed by atoms with E-state index in [1.165, 1.54) is 56.9 Å². The van der Waals surface area contributed by atoms with Gasteiger partial charge in [0.25, 0.3) is 0 Å². The summed E-state index contributed by atoms with van der Waals surface area (Å²) in [5.74, 6) is -30.2. The number of phenols is 1. The van der Waals surface area contributed by atoms with Gasteiger partial charge in [0.1, 0.15) is 84.3 Å². The number of phenolic OH excluding ortho intramolecular Hbond substituents is 1. The molecule has 17 atom stereocenters. The summed E-state index contributed by atoms with van der Waals surface area (Å²) < 4.78 is 0. The summed E-state index contributed by atoms with van der Waals surface area (Å²) in [5, 5.41) is 102. The number of aliphatic hydroxyl groups excluding tert-OH is 1. The topological polar surface area (TPSA) is 814 Å². The van der Waals surface area contributed by atoms with Gasteiger partial charge in [0.2, 0.25) is 94.5 Å². The minimum Gasteiger partial charge on any atom is -0.508 e. The third kappa shape index (κ3) is 39.0. The van der Waals surface area contributed by atoms with E-state index in [2.05, 4.69) is 63.5 Å². The second-order valence-electron chi connectivity index (χ2n) is 31.2. The number of aromatic hydroxyl groups is 1. The molecule has 16 amide bonds. The smallest absolute Gasteiger partial charge is 0.326 e. The van der Waals surface area contributed by atoms with E-state index in [-0.39, 0.29) is 95.6 Å². The van der Waals surface area contributed by atoms with Crippen molar-refractivity contribution in [3.8, 4) is 5.75 Å². The molecular formula is C80H121N21O28. The Morgan fingerprint density at radius 2 is 0.853 bits per heavy atom. The zero-order chi connectivity index (χ0) is 97.2. The highest BCUT2D eigenvalue weighted by atomic mass is 16.4. The SMILES string of the molecule is CC[C@H](C)[C@H](NC(=O)[C@H](CCCCN)NC(=O)[C@H](CC(=O)O)NC(=O)[C@H](CC(=O)O)NC(=O)[C@H](CC(=O)O)NC(=O)[C@H](CC(=O)O)NC(=O)[C@@H](NC(=O)[C@@H]1CCCN1C(=O)[C@@H](N)Cc1ccccc1)[C@@H](C)CC)C(=O)N[C@H](C(=O)NCC(=O)NCC(=O)N[C@@H](Cc1ccc(O)cc1)C(=O)N[C@H](C(=O)N[C@@H](CC(N)=O)C(=O)N[C@@H](CCCN=C(N)N)C(=O)O)[C@@H](C)O)C(C)C. The van der Waals surface area contributed by atoms with Crippen LogP contribution >= 0.6 is 0 Å². The lowest BCUT2D eigenvalue weighted by Crippen LogP contribution is -2.62. The van der Waals surface area contributed by atoms with E-state index in [1.54, 1.807) is 44.2 Å². The summed E-state index contributed by atoms with van der Waals surface area (Å²) in [6, 6.07) is -10.6. The van der Waals surface area contributed by atoms with Crippen LogP contribution < -0.4 is 103 Å². The van der Waals surface area contributed by atoms with Crippen LogP contribution in [0.3, 0.4) is 0 Å². The lowest BCUT2D eigenvalue weighted by Gasteiger charge is -2.30. The number of unbranched alkanes of at least 4 members (excludes halogenated alkanes) is 1. The first kappa shape index (κ1) is 109. The molecular weight excluding hydrogens is 1700 g/mol. The molecule has 129 heavy (non-hydrogen) atoms. The predicted molar refractivity (Wildman–Crippen MR) is 453 cm³/mol. The second kappa shape index (κ2) is 55.0. The van der Waals surface area contributed by atoms with E-state index in [0.717, 1.165) is 12.5 Å². The first-order chi connectivity index (χ1) is 60.6. The van der Waals surface area contributed by atoms with E-state index in [9.17, 15) is 136 Å². The fourth-order valence-electron chi connectivity index (χ4n) is 13.0. The Hall–Kier alpha value is -13.7. The summed E-state index contributed by atoms with van der Waals surface area (Å²) in [4.78, 5) is 287. The Balaban J connectivity index is 1.81. The van der Waals surface area contributed by atoms with E-state index < -0.39 is 278 Å². The maximum Gasteiger partial charge on any atom is 0.326 e. The van der Waals surface area contributed by atoms with Crippen molar-refractivity contribution in [1.29, 1.82) is 0 Å². The summed E-state index contributed by atoms with van der Waals surface area (Å²) in [7, 11) is 0. The van der Waals surface area contributed by atoms with Gasteiger partial charge in [-0.1, -0.05) is 96.8 Å². The Kier molecular flexibility index (Phi) is 46.7. The second-order valence-corrected chi connectivity index (χ2v) is 31.2. The minimum atomic E-state index is -2.37. The van der Waals surface area contributed by atoms with E-state index in [1.807, 2.05) is 16.0 Å². The zero-order valence-corrected chi connectivity index (χ0v) is 72.4. The number of carbonyl (C=O) groups excluding carboxylic acids is 16. The molecule has 1 aliphatic rings. The van der Waals surface area contributed by atoms with Gasteiger partial charge in [-0.2, -0.15) is 0 Å². The Labute approximate surface area is 740 Å². The number of carbonyl (C=O) groups is 21. The third-order valence-corrected chi connectivity index (χ3v) is 20.5. The molecule has 1 saturated heterocycles. The van der Waals surface area contributed by atoms with Crippen LogP contribution in [0, 0.1) is 17.8 Å². The van der Waals surface area contributed by atoms with Crippen molar-refractivity contribution in [3.63, 3.8) is 0 Å².